The molecule has 7 nitrogen and oxygen atoms in total. The van der Waals surface area contributed by atoms with Gasteiger partial charge in [0.25, 0.3) is 5.91 Å². The fraction of sp³-hybridized carbons (Fsp3) is 0.447. The van der Waals surface area contributed by atoms with Crippen molar-refractivity contribution in [2.24, 2.45) is 0 Å². The topological polar surface area (TPSA) is 67.7 Å². The summed E-state index contributed by atoms with van der Waals surface area (Å²) in [5, 5.41) is 0. The van der Waals surface area contributed by atoms with E-state index < -0.39 is 5.97 Å². The first-order valence-electron chi connectivity index (χ1n) is 16.6. The molecule has 1 amide bonds. The van der Waals surface area contributed by atoms with Gasteiger partial charge in [0.2, 0.25) is 0 Å². The highest BCUT2D eigenvalue weighted by molar-refractivity contribution is 5.98. The maximum Gasteiger partial charge on any atom is 0.337 e. The minimum atomic E-state index is -0.423. The summed E-state index contributed by atoms with van der Waals surface area (Å²) in [7, 11) is 1.36. The summed E-state index contributed by atoms with van der Waals surface area (Å²) in [6, 6.07) is 26.3. The van der Waals surface area contributed by atoms with Gasteiger partial charge in [-0.25, -0.2) is 9.78 Å². The van der Waals surface area contributed by atoms with Crippen LogP contribution in [0.2, 0.25) is 0 Å². The number of imidazole rings is 1. The van der Waals surface area contributed by atoms with Crippen LogP contribution in [0.3, 0.4) is 0 Å². The predicted octanol–water partition coefficient (Wildman–Crippen LogP) is 6.87. The van der Waals surface area contributed by atoms with Gasteiger partial charge in [-0.15, -0.1) is 0 Å². The van der Waals surface area contributed by atoms with E-state index in [2.05, 4.69) is 71.8 Å². The van der Waals surface area contributed by atoms with Gasteiger partial charge in [-0.2, -0.15) is 0 Å². The third-order valence-corrected chi connectivity index (χ3v) is 11.0. The summed E-state index contributed by atoms with van der Waals surface area (Å²) < 4.78 is 7.39. The largest absolute Gasteiger partial charge is 0.465 e. The second kappa shape index (κ2) is 12.1. The number of likely N-dealkylation sites (tertiary alicyclic amines) is 1. The summed E-state index contributed by atoms with van der Waals surface area (Å²) in [5.74, 6) is 0.694. The number of hydrogen-bond acceptors (Lipinski definition) is 5. The van der Waals surface area contributed by atoms with Gasteiger partial charge in [0.15, 0.2) is 0 Å². The van der Waals surface area contributed by atoms with E-state index in [0.717, 1.165) is 37.1 Å². The Morgan fingerprint density at radius 2 is 1.56 bits per heavy atom. The molecule has 234 valence electrons. The molecule has 7 heteroatoms. The van der Waals surface area contributed by atoms with Gasteiger partial charge < -0.3 is 14.2 Å². The average Bonchev–Trinajstić information content (AvgIpc) is 3.53. The lowest BCUT2D eigenvalue weighted by atomic mass is 9.70. The number of hydrogen-bond donors (Lipinski definition) is 0. The van der Waals surface area contributed by atoms with E-state index in [1.165, 1.54) is 49.4 Å². The Hall–Kier alpha value is -3.97. The molecule has 3 atom stereocenters. The lowest BCUT2D eigenvalue weighted by Crippen LogP contribution is -2.49. The van der Waals surface area contributed by atoms with Crippen LogP contribution in [0.1, 0.15) is 88.7 Å². The smallest absolute Gasteiger partial charge is 0.337 e. The van der Waals surface area contributed by atoms with E-state index in [0.29, 0.717) is 42.3 Å². The van der Waals surface area contributed by atoms with Crippen molar-refractivity contribution >= 4 is 22.9 Å². The van der Waals surface area contributed by atoms with Crippen LogP contribution in [0.15, 0.2) is 72.8 Å². The molecule has 2 unspecified atom stereocenters. The molecule has 7 rings (SSSR count). The number of benzene rings is 3. The van der Waals surface area contributed by atoms with Crippen molar-refractivity contribution in [3.05, 3.63) is 101 Å². The fourth-order valence-electron chi connectivity index (χ4n) is 8.60. The van der Waals surface area contributed by atoms with Crippen LogP contribution in [0.4, 0.5) is 0 Å². The fourth-order valence-corrected chi connectivity index (χ4v) is 8.60. The number of amides is 1. The van der Waals surface area contributed by atoms with Crippen molar-refractivity contribution in [3.63, 3.8) is 0 Å². The maximum atomic E-state index is 13.5. The van der Waals surface area contributed by atoms with Gasteiger partial charge in [0.05, 0.1) is 23.7 Å². The van der Waals surface area contributed by atoms with Crippen LogP contribution in [0.5, 0.6) is 0 Å². The molecule has 3 aliphatic heterocycles. The number of rotatable bonds is 7. The second-order valence-corrected chi connectivity index (χ2v) is 13.5. The minimum Gasteiger partial charge on any atom is -0.465 e. The molecule has 0 radical (unpaired) electrons. The first kappa shape index (κ1) is 29.7. The molecule has 4 heterocycles. The lowest BCUT2D eigenvalue weighted by Gasteiger charge is -2.45. The summed E-state index contributed by atoms with van der Waals surface area (Å²) in [6.07, 6.45) is 7.88. The zero-order valence-electron chi connectivity index (χ0n) is 26.7. The molecule has 0 spiro atoms. The highest BCUT2D eigenvalue weighted by Gasteiger charge is 2.44. The van der Waals surface area contributed by atoms with Crippen LogP contribution in [0.25, 0.3) is 11.0 Å². The summed E-state index contributed by atoms with van der Waals surface area (Å²) in [4.78, 5) is 35.3. The van der Waals surface area contributed by atoms with Gasteiger partial charge in [-0.1, -0.05) is 48.0 Å². The summed E-state index contributed by atoms with van der Waals surface area (Å²) in [5.41, 5.74) is 6.02. The second-order valence-electron chi connectivity index (χ2n) is 13.5. The monoisotopic (exact) mass is 604 g/mol. The Labute approximate surface area is 266 Å². The molecule has 4 aromatic rings. The van der Waals surface area contributed by atoms with Gasteiger partial charge >= 0.3 is 5.97 Å². The van der Waals surface area contributed by atoms with Crippen molar-refractivity contribution in [1.82, 2.24) is 19.4 Å². The number of esters is 1. The molecule has 3 aromatic carbocycles. The van der Waals surface area contributed by atoms with E-state index in [4.69, 9.17) is 9.72 Å². The molecule has 3 aliphatic rings. The Kier molecular flexibility index (Phi) is 7.98. The molecule has 0 saturated carbocycles. The minimum absolute atomic E-state index is 0.0132. The predicted molar refractivity (Wildman–Crippen MR) is 177 cm³/mol. The Morgan fingerprint density at radius 3 is 2.27 bits per heavy atom. The van der Waals surface area contributed by atoms with Gasteiger partial charge in [-0.05, 0) is 107 Å². The standard InChI is InChI=1S/C38H44N4O3/c1-26-11-13-30(14-12-26)38(17-20-40(21-18-38)36(43)28-7-6-8-29(23-28)37(44)45-3)19-22-41-31-15-16-32(41)25-33(24-31)42-27(2)39-34-9-4-5-10-35(34)42/h4-14,23,31-33H,15-22,24-25H2,1-3H3/t31-,32?,33?/m1/s1. The number of nitrogens with zero attached hydrogens (tertiary/aromatic N) is 4. The number of carbonyl (C=O) groups excluding carboxylic acids is 2. The van der Waals surface area contributed by atoms with E-state index in [1.54, 1.807) is 24.3 Å². The van der Waals surface area contributed by atoms with Crippen molar-refractivity contribution < 1.29 is 14.3 Å². The molecular formula is C38H44N4O3. The zero-order valence-corrected chi connectivity index (χ0v) is 26.7. The molecular weight excluding hydrogens is 560 g/mol. The molecule has 3 fully saturated rings. The SMILES string of the molecule is COC(=O)c1cccc(C(=O)N2CCC(CCN3C4CC[C@@H]3CC(n3c(C)nc5ccccc53)C4)(c3ccc(C)cc3)CC2)c1. The normalized spacial score (nSPS) is 22.9. The Bertz CT molecular complexity index is 1690. The van der Waals surface area contributed by atoms with E-state index in [-0.39, 0.29) is 11.3 Å². The van der Waals surface area contributed by atoms with E-state index in [1.807, 2.05) is 4.90 Å². The first-order chi connectivity index (χ1) is 21.8. The molecule has 2 bridgehead atoms. The highest BCUT2D eigenvalue weighted by atomic mass is 16.5. The molecule has 0 N–H and O–H groups in total. The van der Waals surface area contributed by atoms with Crippen LogP contribution < -0.4 is 0 Å². The van der Waals surface area contributed by atoms with Crippen LogP contribution >= 0.6 is 0 Å². The van der Waals surface area contributed by atoms with Crippen molar-refractivity contribution in [2.45, 2.75) is 82.3 Å². The Balaban J connectivity index is 1.06. The number of aromatic nitrogens is 2. The number of piperidine rings is 2. The van der Waals surface area contributed by atoms with Crippen LogP contribution in [-0.4, -0.2) is 70.1 Å². The molecule has 0 aliphatic carbocycles. The Morgan fingerprint density at radius 1 is 0.867 bits per heavy atom. The van der Waals surface area contributed by atoms with Gasteiger partial charge in [-0.3, -0.25) is 9.69 Å². The van der Waals surface area contributed by atoms with E-state index >= 15 is 0 Å². The zero-order chi connectivity index (χ0) is 31.1. The average molecular weight is 605 g/mol. The van der Waals surface area contributed by atoms with E-state index in [9.17, 15) is 9.59 Å². The lowest BCUT2D eigenvalue weighted by molar-refractivity contribution is 0.0600. The van der Waals surface area contributed by atoms with Crippen molar-refractivity contribution in [1.29, 1.82) is 0 Å². The van der Waals surface area contributed by atoms with Gasteiger partial charge in [0.1, 0.15) is 5.82 Å². The maximum absolute atomic E-state index is 13.5. The van der Waals surface area contributed by atoms with Crippen molar-refractivity contribution in [2.75, 3.05) is 26.7 Å². The first-order valence-corrected chi connectivity index (χ1v) is 16.6. The number of methoxy groups -OCH3 is 1. The molecule has 1 aromatic heterocycles. The van der Waals surface area contributed by atoms with Crippen LogP contribution in [0, 0.1) is 13.8 Å². The number of carbonyl (C=O) groups is 2. The number of para-hydroxylation sites is 2. The summed E-state index contributed by atoms with van der Waals surface area (Å²) >= 11 is 0. The molecule has 3 saturated heterocycles. The van der Waals surface area contributed by atoms with Crippen LogP contribution in [-0.2, 0) is 10.2 Å². The number of aryl methyl sites for hydroxylation is 2. The van der Waals surface area contributed by atoms with Crippen molar-refractivity contribution in [3.8, 4) is 0 Å². The number of ether oxygens (including phenoxy) is 1. The quantitative estimate of drug-likeness (QED) is 0.215. The van der Waals surface area contributed by atoms with Gasteiger partial charge in [0, 0.05) is 36.8 Å². The third kappa shape index (κ3) is 5.56. The molecule has 45 heavy (non-hydrogen) atoms. The summed E-state index contributed by atoms with van der Waals surface area (Å²) in [6.45, 7) is 6.81. The highest BCUT2D eigenvalue weighted by Crippen LogP contribution is 2.45. The third-order valence-electron chi connectivity index (χ3n) is 11.0. The number of fused-ring (bicyclic) bond motifs is 3.